The highest BCUT2D eigenvalue weighted by Gasteiger charge is 2.43. The Morgan fingerprint density at radius 1 is 1.40 bits per heavy atom. The minimum Gasteiger partial charge on any atom is -0.266 e. The molecule has 2 aliphatic heterocycles. The quantitative estimate of drug-likeness (QED) is 0.834. The average molecular weight is 363 g/mol. The van der Waals surface area contributed by atoms with E-state index in [0.717, 1.165) is 42.9 Å². The number of hydrogen-bond donors (Lipinski definition) is 0. The van der Waals surface area contributed by atoms with E-state index in [-0.39, 0.29) is 11.5 Å². The summed E-state index contributed by atoms with van der Waals surface area (Å²) in [7, 11) is -3.02. The van der Waals surface area contributed by atoms with Gasteiger partial charge in [-0.1, -0.05) is 6.92 Å². The number of hydrogen-bond acceptors (Lipinski definition) is 5. The third kappa shape index (κ3) is 2.70. The van der Waals surface area contributed by atoms with Crippen molar-refractivity contribution in [1.29, 1.82) is 0 Å². The van der Waals surface area contributed by atoms with Crippen LogP contribution < -0.4 is 0 Å². The molecule has 2 aromatic heterocycles. The van der Waals surface area contributed by atoms with Crippen LogP contribution in [-0.2, 0) is 28.2 Å². The van der Waals surface area contributed by atoms with Crippen molar-refractivity contribution in [3.05, 3.63) is 17.7 Å². The molecule has 2 atom stereocenters. The third-order valence-electron chi connectivity index (χ3n) is 5.55. The highest BCUT2D eigenvalue weighted by molar-refractivity contribution is 7.91. The number of rotatable bonds is 3. The first-order chi connectivity index (χ1) is 11.8. The lowest BCUT2D eigenvalue weighted by Gasteiger charge is -2.25. The standard InChI is InChI=1S/C17H25N5O2S/c1-4-15-19-16(13-10-18-21-12(2)6-5-7-14(13)21)22(20-15)17(3)8-9-25(23,24)11-17/h10,12H,4-9,11H2,1-3H3. The maximum absolute atomic E-state index is 12.1. The van der Waals surface area contributed by atoms with E-state index in [0.29, 0.717) is 12.5 Å². The van der Waals surface area contributed by atoms with E-state index in [2.05, 4.69) is 21.8 Å². The first kappa shape index (κ1) is 16.8. The van der Waals surface area contributed by atoms with Gasteiger partial charge in [0.1, 0.15) is 0 Å². The van der Waals surface area contributed by atoms with Gasteiger partial charge in [0.15, 0.2) is 21.5 Å². The Morgan fingerprint density at radius 3 is 2.88 bits per heavy atom. The van der Waals surface area contributed by atoms with Gasteiger partial charge < -0.3 is 0 Å². The van der Waals surface area contributed by atoms with Gasteiger partial charge in [0.2, 0.25) is 0 Å². The highest BCUT2D eigenvalue weighted by atomic mass is 32.2. The predicted molar refractivity (Wildman–Crippen MR) is 95.2 cm³/mol. The fourth-order valence-electron chi connectivity index (χ4n) is 4.11. The smallest absolute Gasteiger partial charge is 0.162 e. The molecule has 2 unspecified atom stereocenters. The van der Waals surface area contributed by atoms with Gasteiger partial charge in [0.25, 0.3) is 0 Å². The molecule has 0 saturated carbocycles. The van der Waals surface area contributed by atoms with Crippen LogP contribution in [0.5, 0.6) is 0 Å². The van der Waals surface area contributed by atoms with E-state index in [4.69, 9.17) is 4.98 Å². The second kappa shape index (κ2) is 5.65. The molecule has 0 radical (unpaired) electrons. The van der Waals surface area contributed by atoms with Crippen molar-refractivity contribution in [3.63, 3.8) is 0 Å². The zero-order valence-electron chi connectivity index (χ0n) is 15.1. The number of aromatic nitrogens is 5. The van der Waals surface area contributed by atoms with Gasteiger partial charge in [-0.3, -0.25) is 4.68 Å². The predicted octanol–water partition coefficient (Wildman–Crippen LogP) is 2.13. The molecule has 0 bridgehead atoms. The number of sulfone groups is 1. The SMILES string of the molecule is CCc1nc(-c2cnn3c2CCCC3C)n(C2(C)CCS(=O)(=O)C2)n1. The molecule has 2 aromatic rings. The van der Waals surface area contributed by atoms with Crippen molar-refractivity contribution >= 4 is 9.84 Å². The molecule has 136 valence electrons. The molecule has 2 aliphatic rings. The molecule has 8 heteroatoms. The van der Waals surface area contributed by atoms with Crippen LogP contribution in [0, 0.1) is 0 Å². The fourth-order valence-corrected chi connectivity index (χ4v) is 6.22. The van der Waals surface area contributed by atoms with Crippen LogP contribution in [0.25, 0.3) is 11.4 Å². The van der Waals surface area contributed by atoms with Crippen molar-refractivity contribution in [1.82, 2.24) is 24.5 Å². The lowest BCUT2D eigenvalue weighted by atomic mass is 10.00. The van der Waals surface area contributed by atoms with Crippen LogP contribution in [0.4, 0.5) is 0 Å². The Bertz CT molecular complexity index is 914. The maximum atomic E-state index is 12.1. The Labute approximate surface area is 148 Å². The second-order valence-corrected chi connectivity index (χ2v) is 9.83. The molecule has 0 aromatic carbocycles. The third-order valence-corrected chi connectivity index (χ3v) is 7.44. The summed E-state index contributed by atoms with van der Waals surface area (Å²) in [5, 5.41) is 9.26. The lowest BCUT2D eigenvalue weighted by Crippen LogP contribution is -2.33. The van der Waals surface area contributed by atoms with Gasteiger partial charge in [-0.05, 0) is 39.5 Å². The lowest BCUT2D eigenvalue weighted by molar-refractivity contribution is 0.330. The normalized spacial score (nSPS) is 28.2. The molecular weight excluding hydrogens is 338 g/mol. The Kier molecular flexibility index (Phi) is 3.79. The first-order valence-corrected chi connectivity index (χ1v) is 10.9. The topological polar surface area (TPSA) is 82.7 Å². The molecule has 25 heavy (non-hydrogen) atoms. The largest absolute Gasteiger partial charge is 0.266 e. The number of nitrogens with zero attached hydrogens (tertiary/aromatic N) is 5. The zero-order chi connectivity index (χ0) is 17.8. The highest BCUT2D eigenvalue weighted by Crippen LogP contribution is 2.36. The van der Waals surface area contributed by atoms with Crippen molar-refractivity contribution in [2.45, 2.75) is 64.5 Å². The molecule has 1 saturated heterocycles. The summed E-state index contributed by atoms with van der Waals surface area (Å²) in [5.41, 5.74) is 1.66. The van der Waals surface area contributed by atoms with E-state index in [1.807, 2.05) is 24.7 Å². The second-order valence-electron chi connectivity index (χ2n) is 7.65. The van der Waals surface area contributed by atoms with Gasteiger partial charge in [-0.15, -0.1) is 0 Å². The van der Waals surface area contributed by atoms with Crippen LogP contribution in [0.3, 0.4) is 0 Å². The van der Waals surface area contributed by atoms with E-state index in [9.17, 15) is 8.42 Å². The summed E-state index contributed by atoms with van der Waals surface area (Å²) in [6.45, 7) is 6.19. The van der Waals surface area contributed by atoms with Crippen molar-refractivity contribution in [3.8, 4) is 11.4 Å². The molecule has 0 spiro atoms. The minimum absolute atomic E-state index is 0.124. The Morgan fingerprint density at radius 2 is 2.20 bits per heavy atom. The fraction of sp³-hybridized carbons (Fsp3) is 0.706. The molecule has 0 amide bonds. The molecular formula is C17H25N5O2S. The monoisotopic (exact) mass is 363 g/mol. The van der Waals surface area contributed by atoms with Gasteiger partial charge in [0.05, 0.1) is 28.8 Å². The van der Waals surface area contributed by atoms with Gasteiger partial charge in [-0.25, -0.2) is 18.1 Å². The molecule has 4 heterocycles. The minimum atomic E-state index is -3.02. The van der Waals surface area contributed by atoms with Crippen LogP contribution in [0.2, 0.25) is 0 Å². The van der Waals surface area contributed by atoms with E-state index in [1.54, 1.807) is 0 Å². The summed E-state index contributed by atoms with van der Waals surface area (Å²) in [5.74, 6) is 1.86. The molecule has 7 nitrogen and oxygen atoms in total. The average Bonchev–Trinajstić information content (AvgIpc) is 3.23. The van der Waals surface area contributed by atoms with Crippen LogP contribution in [-0.4, -0.2) is 44.5 Å². The Hall–Kier alpha value is -1.70. The summed E-state index contributed by atoms with van der Waals surface area (Å²) < 4.78 is 28.1. The summed E-state index contributed by atoms with van der Waals surface area (Å²) in [6, 6.07) is 0.391. The molecule has 4 rings (SSSR count). The summed E-state index contributed by atoms with van der Waals surface area (Å²) in [6.07, 6.45) is 6.43. The number of fused-ring (bicyclic) bond motifs is 1. The van der Waals surface area contributed by atoms with Crippen LogP contribution in [0.1, 0.15) is 57.6 Å². The zero-order valence-corrected chi connectivity index (χ0v) is 15.9. The molecule has 0 aliphatic carbocycles. The maximum Gasteiger partial charge on any atom is 0.162 e. The van der Waals surface area contributed by atoms with Gasteiger partial charge in [0, 0.05) is 18.2 Å². The van der Waals surface area contributed by atoms with Crippen molar-refractivity contribution in [2.75, 3.05) is 11.5 Å². The summed E-state index contributed by atoms with van der Waals surface area (Å²) >= 11 is 0. The van der Waals surface area contributed by atoms with Crippen molar-refractivity contribution < 1.29 is 8.42 Å². The van der Waals surface area contributed by atoms with E-state index >= 15 is 0 Å². The van der Waals surface area contributed by atoms with Crippen molar-refractivity contribution in [2.24, 2.45) is 0 Å². The Balaban J connectivity index is 1.85. The van der Waals surface area contributed by atoms with E-state index in [1.165, 1.54) is 5.69 Å². The number of aryl methyl sites for hydroxylation is 1. The summed E-state index contributed by atoms with van der Waals surface area (Å²) in [4.78, 5) is 4.75. The molecule has 1 fully saturated rings. The van der Waals surface area contributed by atoms with Gasteiger partial charge in [-0.2, -0.15) is 10.2 Å². The van der Waals surface area contributed by atoms with Crippen LogP contribution in [0.15, 0.2) is 6.20 Å². The van der Waals surface area contributed by atoms with Gasteiger partial charge >= 0.3 is 0 Å². The molecule has 0 N–H and O–H groups in total. The van der Waals surface area contributed by atoms with Crippen LogP contribution >= 0.6 is 0 Å². The van der Waals surface area contributed by atoms with E-state index < -0.39 is 15.4 Å². The first-order valence-electron chi connectivity index (χ1n) is 9.06.